The van der Waals surface area contributed by atoms with Crippen molar-refractivity contribution in [2.24, 2.45) is 5.41 Å². The number of alkyl halides is 1. The molecule has 0 heterocycles. The Labute approximate surface area is 49.1 Å². The lowest BCUT2D eigenvalue weighted by Gasteiger charge is -2.00. The lowest BCUT2D eigenvalue weighted by Crippen LogP contribution is -1.97. The highest BCUT2D eigenvalue weighted by Crippen LogP contribution is 2.63. The van der Waals surface area contributed by atoms with Gasteiger partial charge >= 0.3 is 0 Å². The second-order valence-corrected chi connectivity index (χ2v) is 3.19. The molecule has 0 bridgehead atoms. The number of rotatable bonds is 1. The molecule has 2 unspecified atom stereocenters. The van der Waals surface area contributed by atoms with Crippen LogP contribution in [0, 0.1) is 11.3 Å². The normalized spacial score (nSPS) is 54.0. The van der Waals surface area contributed by atoms with Crippen LogP contribution < -0.4 is 0 Å². The van der Waals surface area contributed by atoms with Crippen LogP contribution in [-0.2, 0) is 0 Å². The van der Waals surface area contributed by atoms with Crippen molar-refractivity contribution in [3.05, 3.63) is 5.92 Å². The molecule has 0 N–H and O–H groups in total. The summed E-state index contributed by atoms with van der Waals surface area (Å²) < 4.78 is 12.4. The summed E-state index contributed by atoms with van der Waals surface area (Å²) in [6, 6.07) is 0. The van der Waals surface area contributed by atoms with Crippen LogP contribution in [0.25, 0.3) is 0 Å². The number of hydrogen-bond donors (Lipinski definition) is 0. The standard InChI is InChI=1S/C7H10F/c1-7(4-6(7)8)5-2-3-5/h6H,2-4H2,1H3. The molecule has 2 fully saturated rings. The summed E-state index contributed by atoms with van der Waals surface area (Å²) in [6.45, 7) is 2.04. The van der Waals surface area contributed by atoms with Gasteiger partial charge in [0, 0.05) is 5.41 Å². The van der Waals surface area contributed by atoms with E-state index in [0.717, 1.165) is 6.42 Å². The Morgan fingerprint density at radius 1 is 1.62 bits per heavy atom. The first-order chi connectivity index (χ1) is 3.73. The summed E-state index contributed by atoms with van der Waals surface area (Å²) in [6.07, 6.45) is 2.73. The first-order valence-corrected chi connectivity index (χ1v) is 3.23. The third-order valence-electron chi connectivity index (χ3n) is 2.44. The van der Waals surface area contributed by atoms with Gasteiger partial charge < -0.3 is 0 Å². The first-order valence-electron chi connectivity index (χ1n) is 3.23. The van der Waals surface area contributed by atoms with E-state index in [4.69, 9.17) is 0 Å². The second kappa shape index (κ2) is 1.09. The molecule has 0 saturated heterocycles. The molecule has 1 radical (unpaired) electrons. The van der Waals surface area contributed by atoms with Gasteiger partial charge in [0.25, 0.3) is 0 Å². The van der Waals surface area contributed by atoms with Crippen LogP contribution in [-0.4, -0.2) is 6.17 Å². The van der Waals surface area contributed by atoms with Crippen molar-refractivity contribution in [2.75, 3.05) is 0 Å². The summed E-state index contributed by atoms with van der Waals surface area (Å²) in [7, 11) is 0. The van der Waals surface area contributed by atoms with Gasteiger partial charge in [-0.25, -0.2) is 4.39 Å². The Kier molecular flexibility index (Phi) is 0.653. The van der Waals surface area contributed by atoms with E-state index in [0.29, 0.717) is 0 Å². The van der Waals surface area contributed by atoms with Crippen LogP contribution >= 0.6 is 0 Å². The maximum atomic E-state index is 12.4. The smallest absolute Gasteiger partial charge is 0.107 e. The zero-order valence-electron chi connectivity index (χ0n) is 5.08. The predicted molar refractivity (Wildman–Crippen MR) is 30.1 cm³/mol. The monoisotopic (exact) mass is 113 g/mol. The Balaban J connectivity index is 2.04. The minimum Gasteiger partial charge on any atom is -0.247 e. The highest BCUT2D eigenvalue weighted by atomic mass is 19.1. The van der Waals surface area contributed by atoms with Crippen LogP contribution in [0.2, 0.25) is 0 Å². The summed E-state index contributed by atoms with van der Waals surface area (Å²) >= 11 is 0. The molecular weight excluding hydrogens is 103 g/mol. The highest BCUT2D eigenvalue weighted by Gasteiger charge is 2.59. The van der Waals surface area contributed by atoms with Gasteiger partial charge in [0.15, 0.2) is 0 Å². The summed E-state index contributed by atoms with van der Waals surface area (Å²) in [5.41, 5.74) is 0.0694. The van der Waals surface area contributed by atoms with Crippen LogP contribution in [0.1, 0.15) is 26.2 Å². The van der Waals surface area contributed by atoms with Crippen LogP contribution in [0.4, 0.5) is 4.39 Å². The molecule has 2 saturated carbocycles. The van der Waals surface area contributed by atoms with E-state index in [1.807, 2.05) is 6.92 Å². The summed E-state index contributed by atoms with van der Waals surface area (Å²) in [5, 5.41) is 0. The molecule has 0 aromatic heterocycles. The largest absolute Gasteiger partial charge is 0.247 e. The van der Waals surface area contributed by atoms with Crippen molar-refractivity contribution in [3.8, 4) is 0 Å². The van der Waals surface area contributed by atoms with Gasteiger partial charge in [-0.3, -0.25) is 0 Å². The molecule has 2 rings (SSSR count). The van der Waals surface area contributed by atoms with Crippen LogP contribution in [0.5, 0.6) is 0 Å². The van der Waals surface area contributed by atoms with Gasteiger partial charge in [0.1, 0.15) is 6.17 Å². The third-order valence-corrected chi connectivity index (χ3v) is 2.44. The molecule has 0 spiro atoms. The predicted octanol–water partition coefficient (Wildman–Crippen LogP) is 2.10. The molecular formula is C7H10F. The molecule has 2 atom stereocenters. The van der Waals surface area contributed by atoms with Gasteiger partial charge in [0.2, 0.25) is 0 Å². The van der Waals surface area contributed by atoms with E-state index in [2.05, 4.69) is 0 Å². The van der Waals surface area contributed by atoms with E-state index in [-0.39, 0.29) is 5.41 Å². The number of hydrogen-bond acceptors (Lipinski definition) is 0. The van der Waals surface area contributed by atoms with Gasteiger partial charge in [-0.1, -0.05) is 6.92 Å². The van der Waals surface area contributed by atoms with Gasteiger partial charge in [-0.05, 0) is 25.2 Å². The lowest BCUT2D eigenvalue weighted by atomic mass is 10.0. The number of halogens is 1. The Morgan fingerprint density at radius 3 is 2.25 bits per heavy atom. The fourth-order valence-corrected chi connectivity index (χ4v) is 1.31. The molecule has 0 amide bonds. The minimum atomic E-state index is -0.486. The molecule has 45 valence electrons. The highest BCUT2D eigenvalue weighted by molar-refractivity contribution is 5.26. The summed E-state index contributed by atoms with van der Waals surface area (Å²) in [5.74, 6) is 1.48. The minimum absolute atomic E-state index is 0.0694. The van der Waals surface area contributed by atoms with Gasteiger partial charge in [0.05, 0.1) is 0 Å². The van der Waals surface area contributed by atoms with Crippen molar-refractivity contribution in [1.29, 1.82) is 0 Å². The van der Waals surface area contributed by atoms with E-state index < -0.39 is 6.17 Å². The topological polar surface area (TPSA) is 0 Å². The average molecular weight is 113 g/mol. The van der Waals surface area contributed by atoms with E-state index in [1.165, 1.54) is 18.8 Å². The maximum Gasteiger partial charge on any atom is 0.107 e. The third kappa shape index (κ3) is 0.448. The molecule has 0 aromatic carbocycles. The lowest BCUT2D eigenvalue weighted by molar-refractivity contribution is 0.402. The zero-order valence-corrected chi connectivity index (χ0v) is 5.08. The SMILES string of the molecule is CC1([C]2CC2)CC1F. The molecule has 0 aliphatic heterocycles. The first kappa shape index (κ1) is 4.78. The van der Waals surface area contributed by atoms with Crippen molar-refractivity contribution in [1.82, 2.24) is 0 Å². The molecule has 0 aromatic rings. The van der Waals surface area contributed by atoms with Crippen molar-refractivity contribution < 1.29 is 4.39 Å². The van der Waals surface area contributed by atoms with Crippen LogP contribution in [0.3, 0.4) is 0 Å². The average Bonchev–Trinajstić information content (AvgIpc) is 2.44. The molecule has 1 heteroatoms. The molecule has 8 heavy (non-hydrogen) atoms. The van der Waals surface area contributed by atoms with Crippen molar-refractivity contribution in [2.45, 2.75) is 32.4 Å². The fraction of sp³-hybridized carbons (Fsp3) is 0.857. The summed E-state index contributed by atoms with van der Waals surface area (Å²) in [4.78, 5) is 0. The molecule has 0 nitrogen and oxygen atoms in total. The van der Waals surface area contributed by atoms with Gasteiger partial charge in [-0.15, -0.1) is 0 Å². The quantitative estimate of drug-likeness (QED) is 0.488. The van der Waals surface area contributed by atoms with Crippen LogP contribution in [0.15, 0.2) is 0 Å². The Bertz CT molecular complexity index is 118. The van der Waals surface area contributed by atoms with Crippen molar-refractivity contribution in [3.63, 3.8) is 0 Å². The molecule has 2 aliphatic carbocycles. The second-order valence-electron chi connectivity index (χ2n) is 3.19. The fourth-order valence-electron chi connectivity index (χ4n) is 1.31. The molecule has 2 aliphatic rings. The van der Waals surface area contributed by atoms with Crippen molar-refractivity contribution >= 4 is 0 Å². The van der Waals surface area contributed by atoms with Gasteiger partial charge in [-0.2, -0.15) is 0 Å². The Morgan fingerprint density at radius 2 is 2.12 bits per heavy atom. The maximum absolute atomic E-state index is 12.4. The van der Waals surface area contributed by atoms with E-state index >= 15 is 0 Å². The van der Waals surface area contributed by atoms with E-state index in [9.17, 15) is 4.39 Å². The zero-order chi connectivity index (χ0) is 5.78. The Hall–Kier alpha value is -0.0700. The van der Waals surface area contributed by atoms with E-state index in [1.54, 1.807) is 0 Å².